The normalized spacial score (nSPS) is 11.2. The predicted octanol–water partition coefficient (Wildman–Crippen LogP) is 20.7. The summed E-state index contributed by atoms with van der Waals surface area (Å²) in [4.78, 5) is 18.5. The van der Waals surface area contributed by atoms with E-state index in [2.05, 4.69) is 26.6 Å². The van der Waals surface area contributed by atoms with Gasteiger partial charge in [-0.3, -0.25) is 14.9 Å². The van der Waals surface area contributed by atoms with Crippen LogP contribution in [0.5, 0.6) is 0 Å². The summed E-state index contributed by atoms with van der Waals surface area (Å²) in [6.07, 6.45) is 3.93. The molecule has 1 amide bonds. The van der Waals surface area contributed by atoms with Gasteiger partial charge in [0.25, 0.3) is 5.91 Å². The minimum Gasteiger partial charge on any atom is -0.355 e. The molecule has 29 heavy (non-hydrogen) atoms. The summed E-state index contributed by atoms with van der Waals surface area (Å²) in [5.41, 5.74) is 4.37. The topological polar surface area (TPSA) is 70.7 Å². The van der Waals surface area contributed by atoms with Gasteiger partial charge in [0.1, 0.15) is 0 Å². The van der Waals surface area contributed by atoms with Crippen LogP contribution in [0.4, 0.5) is 0 Å². The SMILES string of the molecule is CNC(=O)c1ccccc1Sc1ccc2c(/C=C/c3cccc(C)n3)n[nH]c2c1.[HH].[HH].[HH].[HH].[HH].[HH].[HH].[HH].[HH].[HH].[HH].[HH].[HH].[HH].[HH].[HH].[HH].[HH].[HH].[HH].[HH].[HH].[HH].[HH].[HH].[HH].[HH].[HH].[HH].[HH].[HH].[HH].[HH].[HH].[HH].[HH].[HH].[HH].[HH].[HH].[HH].[HH].[HH].[HH].[HH].[HH].[HH].[HH].[HH].[HH].[HH].[HH].[HH].[HH].[HH].[HH].[HH].[HH].[HH].[HH].[HH].[HH].[HH].[HH]. The third-order valence-corrected chi connectivity index (χ3v) is 5.54. The standard InChI is InChI=1S/C23H20N4OS.64H2/c1-15-6-5-7-16(25-15)10-13-20-18-12-11-17(14-21(18)27-26-20)29-22-9-4-3-8-19(22)23(28)24-2;;;;;;;;;;;;;;;;;;;;;;;;;;;;;;;;;;;;;;;;;;;;;;;;;;;;;;;;;;;;;;;;/h3-14H,1-2H3,(H,24,28)(H,26,27);64*1H/b13-10+;;;;;;;;;;;;;;;;;;;;;;;;;;;;;;;;;;;;;;;;;;;;;;;;;;;;;;;;;;;;;;;;. The number of aromatic amines is 1. The molecule has 0 aliphatic rings. The van der Waals surface area contributed by atoms with Gasteiger partial charge in [-0.25, -0.2) is 0 Å². The first-order valence-corrected chi connectivity index (χ1v) is 10.0. The number of carbonyl (C=O) groups is 1. The van der Waals surface area contributed by atoms with Gasteiger partial charge in [0.05, 0.1) is 22.5 Å². The molecule has 0 aliphatic carbocycles. The predicted molar refractivity (Wildman–Crippen MR) is 253 cm³/mol. The molecule has 6 heteroatoms. The maximum atomic E-state index is 12.1. The summed E-state index contributed by atoms with van der Waals surface area (Å²) < 4.78 is 0. The van der Waals surface area contributed by atoms with E-state index < -0.39 is 0 Å². The van der Waals surface area contributed by atoms with Gasteiger partial charge in [0.15, 0.2) is 0 Å². The number of hydrogen-bond acceptors (Lipinski definition) is 4. The molecule has 0 aliphatic heterocycles. The summed E-state index contributed by atoms with van der Waals surface area (Å²) in [5, 5.41) is 11.3. The molecule has 0 unspecified atom stereocenters. The summed E-state index contributed by atoms with van der Waals surface area (Å²) in [7, 11) is 1.64. The smallest absolute Gasteiger partial charge is 0.252 e. The van der Waals surface area contributed by atoms with Crippen molar-refractivity contribution >= 4 is 40.7 Å². The van der Waals surface area contributed by atoms with Gasteiger partial charge in [-0.15, -0.1) is 0 Å². The Labute approximate surface area is 268 Å². The van der Waals surface area contributed by atoms with E-state index in [4.69, 9.17) is 0 Å². The van der Waals surface area contributed by atoms with Crippen molar-refractivity contribution in [2.24, 2.45) is 0 Å². The molecule has 0 bridgehead atoms. The molecule has 2 heterocycles. The van der Waals surface area contributed by atoms with E-state index >= 15 is 0 Å². The highest BCUT2D eigenvalue weighted by molar-refractivity contribution is 7.99. The minimum absolute atomic E-state index is 0. The molecule has 0 fully saturated rings. The highest BCUT2D eigenvalue weighted by Gasteiger charge is 2.11. The number of fused-ring (bicyclic) bond motifs is 1. The Kier molecular flexibility index (Phi) is 5.44. The third kappa shape index (κ3) is 4.22. The van der Waals surface area contributed by atoms with E-state index in [1.165, 1.54) is 0 Å². The van der Waals surface area contributed by atoms with Crippen LogP contribution in [0.1, 0.15) is 119 Å². The van der Waals surface area contributed by atoms with E-state index in [-0.39, 0.29) is 97.2 Å². The minimum atomic E-state index is -0.0899. The van der Waals surface area contributed by atoms with Crippen molar-refractivity contribution in [3.63, 3.8) is 0 Å². The molecule has 0 radical (unpaired) electrons. The van der Waals surface area contributed by atoms with Crippen LogP contribution in [0.3, 0.4) is 0 Å². The summed E-state index contributed by atoms with van der Waals surface area (Å²) in [6.45, 7) is 1.97. The molecule has 0 saturated heterocycles. The highest BCUT2D eigenvalue weighted by atomic mass is 32.2. The number of aryl methyl sites for hydroxylation is 1. The van der Waals surface area contributed by atoms with Gasteiger partial charge in [0.2, 0.25) is 0 Å². The third-order valence-electron chi connectivity index (χ3n) is 4.47. The second-order valence-electron chi connectivity index (χ2n) is 6.53. The highest BCUT2D eigenvalue weighted by Crippen LogP contribution is 2.32. The van der Waals surface area contributed by atoms with E-state index in [0.29, 0.717) is 5.56 Å². The number of rotatable bonds is 5. The molecule has 2 aromatic carbocycles. The van der Waals surface area contributed by atoms with Crippen LogP contribution in [-0.2, 0) is 0 Å². The quantitative estimate of drug-likeness (QED) is 0.270. The molecule has 4 aromatic rings. The molecule has 5 nitrogen and oxygen atoms in total. The number of H-pyrrole nitrogens is 1. The summed E-state index contributed by atoms with van der Waals surface area (Å²) >= 11 is 1.56. The van der Waals surface area contributed by atoms with Crippen LogP contribution in [0, 0.1) is 6.92 Å². The Morgan fingerprint density at radius 3 is 2.79 bits per heavy atom. The van der Waals surface area contributed by atoms with Crippen molar-refractivity contribution in [2.75, 3.05) is 7.05 Å². The zero-order valence-electron chi connectivity index (χ0n) is 16.1. The molecule has 0 atom stereocenters. The fourth-order valence-corrected chi connectivity index (χ4v) is 4.02. The molecule has 272 valence electrons. The van der Waals surface area contributed by atoms with Crippen LogP contribution in [0.15, 0.2) is 70.5 Å². The van der Waals surface area contributed by atoms with Crippen molar-refractivity contribution in [1.29, 1.82) is 0 Å². The van der Waals surface area contributed by atoms with Crippen LogP contribution >= 0.6 is 11.8 Å². The maximum Gasteiger partial charge on any atom is 0.252 e. The number of benzene rings is 2. The average Bonchev–Trinajstić information content (AvgIpc) is 3.14. The van der Waals surface area contributed by atoms with Crippen molar-refractivity contribution in [3.05, 3.63) is 83.3 Å². The first-order valence-electron chi connectivity index (χ1n) is 9.23. The molecule has 2 aromatic heterocycles. The Morgan fingerprint density at radius 1 is 1.10 bits per heavy atom. The van der Waals surface area contributed by atoms with Crippen LogP contribution in [0.2, 0.25) is 0 Å². The maximum absolute atomic E-state index is 12.1. The van der Waals surface area contributed by atoms with E-state index in [0.717, 1.165) is 37.8 Å². The Bertz CT molecular complexity index is 1300. The van der Waals surface area contributed by atoms with Gasteiger partial charge in [-0.2, -0.15) is 5.10 Å². The molecular weight excluding hydrogens is 380 g/mol. The molecular formula is C23H148N4OS. The van der Waals surface area contributed by atoms with Crippen molar-refractivity contribution in [1.82, 2.24) is 20.5 Å². The molecule has 4 rings (SSSR count). The van der Waals surface area contributed by atoms with Gasteiger partial charge in [-0.05, 0) is 61.5 Å². The number of nitrogens with one attached hydrogen (secondary N) is 2. The van der Waals surface area contributed by atoms with E-state index in [1.54, 1.807) is 18.8 Å². The Hall–Kier alpha value is -3.38. The molecule has 2 N–H and O–H groups in total. The number of pyridine rings is 1. The molecule has 0 spiro atoms. The van der Waals surface area contributed by atoms with Gasteiger partial charge < -0.3 is 5.32 Å². The lowest BCUT2D eigenvalue weighted by atomic mass is 10.2. The lowest BCUT2D eigenvalue weighted by Gasteiger charge is -2.08. The zero-order valence-corrected chi connectivity index (χ0v) is 17.0. The fourth-order valence-electron chi connectivity index (χ4n) is 3.04. The van der Waals surface area contributed by atoms with Gasteiger partial charge in [0, 0.05) is 119 Å². The number of aromatic nitrogens is 3. The van der Waals surface area contributed by atoms with Gasteiger partial charge >= 0.3 is 0 Å². The van der Waals surface area contributed by atoms with E-state index in [9.17, 15) is 4.79 Å². The summed E-state index contributed by atoms with van der Waals surface area (Å²) in [6, 6.07) is 19.7. The average molecular weight is 530 g/mol. The number of hydrogen-bond donors (Lipinski definition) is 2. The second-order valence-corrected chi connectivity index (χ2v) is 7.65. The Balaban J connectivity index is -0.00000000271. The lowest BCUT2D eigenvalue weighted by molar-refractivity contribution is 0.0960. The van der Waals surface area contributed by atoms with Gasteiger partial charge in [-0.1, -0.05) is 30.0 Å². The molecule has 0 saturated carbocycles. The first kappa shape index (κ1) is 19.0. The fraction of sp³-hybridized carbons (Fsp3) is 0.0870. The van der Waals surface area contributed by atoms with Crippen LogP contribution in [0.25, 0.3) is 23.1 Å². The Morgan fingerprint density at radius 2 is 1.97 bits per heavy atom. The monoisotopic (exact) mass is 529 g/mol. The lowest BCUT2D eigenvalue weighted by Crippen LogP contribution is -2.18. The van der Waals surface area contributed by atoms with Crippen molar-refractivity contribution in [2.45, 2.75) is 16.7 Å². The summed E-state index contributed by atoms with van der Waals surface area (Å²) in [5.74, 6) is -0.0899. The second kappa shape index (κ2) is 8.32. The van der Waals surface area contributed by atoms with Crippen molar-refractivity contribution < 1.29 is 96.1 Å². The first-order chi connectivity index (χ1) is 14.1. The zero-order chi connectivity index (χ0) is 20.2. The number of nitrogens with zero attached hydrogens (tertiary/aromatic N) is 2. The van der Waals surface area contributed by atoms with E-state index in [1.807, 2.05) is 73.7 Å². The van der Waals surface area contributed by atoms with Crippen molar-refractivity contribution in [3.8, 4) is 0 Å². The van der Waals surface area contributed by atoms with Crippen LogP contribution in [-0.4, -0.2) is 28.1 Å². The largest absolute Gasteiger partial charge is 0.355 e. The number of amides is 1. The van der Waals surface area contributed by atoms with Crippen LogP contribution < -0.4 is 5.32 Å². The number of carbonyl (C=O) groups excluding carboxylic acids is 1.